The number of aryl methyl sites for hydroxylation is 1. The minimum Gasteiger partial charge on any atom is -0.367 e. The van der Waals surface area contributed by atoms with E-state index in [1.807, 2.05) is 35.2 Å². The van der Waals surface area contributed by atoms with E-state index in [1.165, 1.54) is 5.56 Å². The highest BCUT2D eigenvalue weighted by Crippen LogP contribution is 2.26. The van der Waals surface area contributed by atoms with Gasteiger partial charge in [0, 0.05) is 32.3 Å². The standard InChI is InChI=1S/C21H23ClN2O/c1-2-17-7-9-18(10-8-17)11-12-21(25)24-15-13-23(14-16-24)20-6-4-3-5-19(20)22/h3-12H,2,13-16H2,1H3/b12-11+. The van der Waals surface area contributed by atoms with E-state index in [2.05, 4.69) is 36.1 Å². The van der Waals surface area contributed by atoms with Gasteiger partial charge in [-0.1, -0.05) is 54.9 Å². The Kier molecular flexibility index (Phi) is 5.77. The Bertz CT molecular complexity index is 747. The number of benzene rings is 2. The van der Waals surface area contributed by atoms with Crippen molar-refractivity contribution in [1.82, 2.24) is 4.90 Å². The Labute approximate surface area is 154 Å². The Morgan fingerprint density at radius 2 is 1.72 bits per heavy atom. The summed E-state index contributed by atoms with van der Waals surface area (Å²) < 4.78 is 0. The van der Waals surface area contributed by atoms with Gasteiger partial charge in [0.2, 0.25) is 5.91 Å². The first-order valence-corrected chi connectivity index (χ1v) is 9.10. The molecule has 1 fully saturated rings. The predicted molar refractivity (Wildman–Crippen MR) is 105 cm³/mol. The largest absolute Gasteiger partial charge is 0.367 e. The second kappa shape index (κ2) is 8.21. The van der Waals surface area contributed by atoms with Gasteiger partial charge in [0.05, 0.1) is 10.7 Å². The molecule has 4 heteroatoms. The molecule has 0 spiro atoms. The van der Waals surface area contributed by atoms with Crippen LogP contribution in [0.25, 0.3) is 6.08 Å². The van der Waals surface area contributed by atoms with Crippen LogP contribution in [0.1, 0.15) is 18.1 Å². The average Bonchev–Trinajstić information content (AvgIpc) is 2.67. The number of hydrogen-bond donors (Lipinski definition) is 0. The van der Waals surface area contributed by atoms with E-state index in [-0.39, 0.29) is 5.91 Å². The number of piperazine rings is 1. The molecule has 130 valence electrons. The van der Waals surface area contributed by atoms with Crippen LogP contribution in [0.15, 0.2) is 54.6 Å². The number of hydrogen-bond acceptors (Lipinski definition) is 2. The maximum Gasteiger partial charge on any atom is 0.246 e. The number of halogens is 1. The highest BCUT2D eigenvalue weighted by atomic mass is 35.5. The second-order valence-electron chi connectivity index (χ2n) is 6.19. The lowest BCUT2D eigenvalue weighted by Crippen LogP contribution is -2.48. The van der Waals surface area contributed by atoms with E-state index in [0.717, 1.165) is 35.8 Å². The average molecular weight is 355 g/mol. The minimum atomic E-state index is 0.0679. The van der Waals surface area contributed by atoms with Crippen LogP contribution in [0.5, 0.6) is 0 Å². The van der Waals surface area contributed by atoms with Crippen molar-refractivity contribution in [1.29, 1.82) is 0 Å². The first-order chi connectivity index (χ1) is 12.2. The molecule has 0 unspecified atom stereocenters. The van der Waals surface area contributed by atoms with Gasteiger partial charge in [-0.05, 0) is 35.8 Å². The molecule has 0 radical (unpaired) electrons. The van der Waals surface area contributed by atoms with Crippen molar-refractivity contribution in [3.63, 3.8) is 0 Å². The molecule has 2 aromatic rings. The van der Waals surface area contributed by atoms with Gasteiger partial charge < -0.3 is 9.80 Å². The summed E-state index contributed by atoms with van der Waals surface area (Å²) in [4.78, 5) is 16.5. The summed E-state index contributed by atoms with van der Waals surface area (Å²) >= 11 is 6.26. The molecule has 0 aromatic heterocycles. The highest BCUT2D eigenvalue weighted by Gasteiger charge is 2.20. The number of anilines is 1. The van der Waals surface area contributed by atoms with Gasteiger partial charge in [0.25, 0.3) is 0 Å². The quantitative estimate of drug-likeness (QED) is 0.766. The molecular weight excluding hydrogens is 332 g/mol. The van der Waals surface area contributed by atoms with Gasteiger partial charge in [-0.2, -0.15) is 0 Å². The summed E-state index contributed by atoms with van der Waals surface area (Å²) in [6.45, 7) is 5.16. The fourth-order valence-electron chi connectivity index (χ4n) is 3.01. The molecule has 2 aromatic carbocycles. The fourth-order valence-corrected chi connectivity index (χ4v) is 3.27. The monoisotopic (exact) mass is 354 g/mol. The van der Waals surface area contributed by atoms with Gasteiger partial charge in [-0.15, -0.1) is 0 Å². The number of amides is 1. The molecule has 1 saturated heterocycles. The molecule has 0 N–H and O–H groups in total. The molecule has 0 aliphatic carbocycles. The lowest BCUT2D eigenvalue weighted by atomic mass is 10.1. The summed E-state index contributed by atoms with van der Waals surface area (Å²) in [5.74, 6) is 0.0679. The van der Waals surface area contributed by atoms with Crippen molar-refractivity contribution < 1.29 is 4.79 Å². The molecule has 25 heavy (non-hydrogen) atoms. The molecule has 3 nitrogen and oxygen atoms in total. The zero-order chi connectivity index (χ0) is 17.6. The Morgan fingerprint density at radius 1 is 1.04 bits per heavy atom. The lowest BCUT2D eigenvalue weighted by molar-refractivity contribution is -0.126. The summed E-state index contributed by atoms with van der Waals surface area (Å²) in [6.07, 6.45) is 4.59. The van der Waals surface area contributed by atoms with Crippen LogP contribution in [0.2, 0.25) is 5.02 Å². The molecule has 1 amide bonds. The van der Waals surface area contributed by atoms with Crippen molar-refractivity contribution in [3.05, 3.63) is 70.8 Å². The van der Waals surface area contributed by atoms with Crippen molar-refractivity contribution in [2.24, 2.45) is 0 Å². The van der Waals surface area contributed by atoms with Gasteiger partial charge in [-0.3, -0.25) is 4.79 Å². The number of carbonyl (C=O) groups is 1. The molecule has 0 saturated carbocycles. The summed E-state index contributed by atoms with van der Waals surface area (Å²) in [5.41, 5.74) is 3.40. The third-order valence-corrected chi connectivity index (χ3v) is 4.91. The summed E-state index contributed by atoms with van der Waals surface area (Å²) in [7, 11) is 0. The minimum absolute atomic E-state index is 0.0679. The van der Waals surface area contributed by atoms with Crippen LogP contribution in [-0.4, -0.2) is 37.0 Å². The molecule has 1 heterocycles. The van der Waals surface area contributed by atoms with E-state index in [4.69, 9.17) is 11.6 Å². The summed E-state index contributed by atoms with van der Waals surface area (Å²) in [5, 5.41) is 0.762. The normalized spacial score (nSPS) is 15.0. The zero-order valence-corrected chi connectivity index (χ0v) is 15.2. The Morgan fingerprint density at radius 3 is 2.36 bits per heavy atom. The van der Waals surface area contributed by atoms with Crippen LogP contribution in [-0.2, 0) is 11.2 Å². The molecule has 1 aliphatic rings. The predicted octanol–water partition coefficient (Wildman–Crippen LogP) is 4.26. The third kappa shape index (κ3) is 4.43. The first kappa shape index (κ1) is 17.6. The zero-order valence-electron chi connectivity index (χ0n) is 14.5. The maximum atomic E-state index is 12.4. The lowest BCUT2D eigenvalue weighted by Gasteiger charge is -2.36. The van der Waals surface area contributed by atoms with Gasteiger partial charge in [-0.25, -0.2) is 0 Å². The van der Waals surface area contributed by atoms with Crippen LogP contribution >= 0.6 is 11.6 Å². The van der Waals surface area contributed by atoms with E-state index in [9.17, 15) is 4.79 Å². The highest BCUT2D eigenvalue weighted by molar-refractivity contribution is 6.33. The SMILES string of the molecule is CCc1ccc(/C=C/C(=O)N2CCN(c3ccccc3Cl)CC2)cc1. The van der Waals surface area contributed by atoms with Crippen LogP contribution in [0.4, 0.5) is 5.69 Å². The van der Waals surface area contributed by atoms with E-state index >= 15 is 0 Å². The topological polar surface area (TPSA) is 23.6 Å². The fraction of sp³-hybridized carbons (Fsp3) is 0.286. The van der Waals surface area contributed by atoms with Gasteiger partial charge >= 0.3 is 0 Å². The van der Waals surface area contributed by atoms with Gasteiger partial charge in [0.15, 0.2) is 0 Å². The van der Waals surface area contributed by atoms with Crippen molar-refractivity contribution >= 4 is 29.3 Å². The van der Waals surface area contributed by atoms with Crippen molar-refractivity contribution in [3.8, 4) is 0 Å². The second-order valence-corrected chi connectivity index (χ2v) is 6.60. The van der Waals surface area contributed by atoms with Crippen molar-refractivity contribution in [2.45, 2.75) is 13.3 Å². The van der Waals surface area contributed by atoms with Crippen LogP contribution < -0.4 is 4.90 Å². The molecule has 3 rings (SSSR count). The first-order valence-electron chi connectivity index (χ1n) is 8.73. The van der Waals surface area contributed by atoms with Gasteiger partial charge in [0.1, 0.15) is 0 Å². The number of nitrogens with zero attached hydrogens (tertiary/aromatic N) is 2. The molecule has 0 bridgehead atoms. The van der Waals surface area contributed by atoms with E-state index in [0.29, 0.717) is 13.1 Å². The number of para-hydroxylation sites is 1. The Balaban J connectivity index is 1.56. The van der Waals surface area contributed by atoms with E-state index < -0.39 is 0 Å². The third-order valence-electron chi connectivity index (χ3n) is 4.59. The Hall–Kier alpha value is -2.26. The van der Waals surface area contributed by atoms with Crippen molar-refractivity contribution in [2.75, 3.05) is 31.1 Å². The summed E-state index contributed by atoms with van der Waals surface area (Å²) in [6, 6.07) is 16.2. The molecular formula is C21H23ClN2O. The maximum absolute atomic E-state index is 12.4. The van der Waals surface area contributed by atoms with Crippen LogP contribution in [0.3, 0.4) is 0 Å². The molecule has 0 atom stereocenters. The molecule has 1 aliphatic heterocycles. The number of carbonyl (C=O) groups excluding carboxylic acids is 1. The number of rotatable bonds is 4. The van der Waals surface area contributed by atoms with E-state index in [1.54, 1.807) is 6.08 Å². The smallest absolute Gasteiger partial charge is 0.246 e. The van der Waals surface area contributed by atoms with Crippen LogP contribution in [0, 0.1) is 0 Å².